The van der Waals surface area contributed by atoms with E-state index < -0.39 is 0 Å². The number of aliphatic imine (C=N–C) groups is 1. The van der Waals surface area contributed by atoms with Gasteiger partial charge in [0.2, 0.25) is 0 Å². The Morgan fingerprint density at radius 1 is 1.26 bits per heavy atom. The van der Waals surface area contributed by atoms with Crippen molar-refractivity contribution in [3.05, 3.63) is 41.0 Å². The molecule has 1 aliphatic heterocycles. The second kappa shape index (κ2) is 12.6. The highest BCUT2D eigenvalue weighted by Crippen LogP contribution is 2.22. The Hall–Kier alpha value is -1.33. The summed E-state index contributed by atoms with van der Waals surface area (Å²) < 4.78 is 2.01. The molecule has 1 aromatic heterocycles. The van der Waals surface area contributed by atoms with Crippen molar-refractivity contribution in [1.82, 2.24) is 30.3 Å². The molecule has 1 saturated heterocycles. The molecule has 2 heterocycles. The van der Waals surface area contributed by atoms with Crippen molar-refractivity contribution in [3.63, 3.8) is 0 Å². The molecule has 0 aliphatic carbocycles. The van der Waals surface area contributed by atoms with Crippen molar-refractivity contribution in [2.45, 2.75) is 57.6 Å². The monoisotopic (exact) mass is 557 g/mol. The third-order valence-electron chi connectivity index (χ3n) is 5.86. The Balaban J connectivity index is 0.00000341. The SMILES string of the molecule is CCN1CCCC1CNC(=NCc1ccc(C)cc1SC)NCc1nnc(C)n1C.I. The average Bonchev–Trinajstić information content (AvgIpc) is 3.34. The number of likely N-dealkylation sites (tertiary alicyclic amines) is 1. The van der Waals surface area contributed by atoms with E-state index in [0.717, 1.165) is 30.7 Å². The highest BCUT2D eigenvalue weighted by molar-refractivity contribution is 14.0. The van der Waals surface area contributed by atoms with Crippen LogP contribution in [0.4, 0.5) is 0 Å². The Morgan fingerprint density at radius 3 is 2.74 bits per heavy atom. The molecule has 1 fully saturated rings. The second-order valence-corrected chi connectivity index (χ2v) is 8.71. The number of hydrogen-bond acceptors (Lipinski definition) is 5. The van der Waals surface area contributed by atoms with Gasteiger partial charge in [0, 0.05) is 24.5 Å². The van der Waals surface area contributed by atoms with Crippen molar-refractivity contribution in [3.8, 4) is 0 Å². The third-order valence-corrected chi connectivity index (χ3v) is 6.68. The van der Waals surface area contributed by atoms with E-state index in [1.807, 2.05) is 18.5 Å². The summed E-state index contributed by atoms with van der Waals surface area (Å²) >= 11 is 1.77. The van der Waals surface area contributed by atoms with Gasteiger partial charge in [-0.1, -0.05) is 19.1 Å². The first-order valence-corrected chi connectivity index (χ1v) is 12.0. The van der Waals surface area contributed by atoms with Crippen molar-refractivity contribution < 1.29 is 0 Å². The molecule has 1 unspecified atom stereocenters. The largest absolute Gasteiger partial charge is 0.355 e. The van der Waals surface area contributed by atoms with Gasteiger partial charge in [-0.15, -0.1) is 45.9 Å². The zero-order valence-electron chi connectivity index (χ0n) is 19.3. The van der Waals surface area contributed by atoms with E-state index >= 15 is 0 Å². The number of thioether (sulfide) groups is 1. The maximum atomic E-state index is 4.90. The number of guanidine groups is 1. The van der Waals surface area contributed by atoms with Gasteiger partial charge in [0.25, 0.3) is 0 Å². The lowest BCUT2D eigenvalue weighted by atomic mass is 10.1. The van der Waals surface area contributed by atoms with E-state index in [2.05, 4.69) is 64.0 Å². The highest BCUT2D eigenvalue weighted by atomic mass is 127. The molecule has 0 amide bonds. The van der Waals surface area contributed by atoms with Crippen molar-refractivity contribution >= 4 is 41.7 Å². The molecule has 0 saturated carbocycles. The minimum atomic E-state index is 0. The topological polar surface area (TPSA) is 70.4 Å². The molecule has 7 nitrogen and oxygen atoms in total. The van der Waals surface area contributed by atoms with Crippen molar-refractivity contribution in [2.24, 2.45) is 12.0 Å². The molecule has 2 aromatic rings. The number of nitrogens with one attached hydrogen (secondary N) is 2. The van der Waals surface area contributed by atoms with Gasteiger partial charge >= 0.3 is 0 Å². The average molecular weight is 558 g/mol. The predicted octanol–water partition coefficient (Wildman–Crippen LogP) is 3.49. The fourth-order valence-corrected chi connectivity index (χ4v) is 4.54. The van der Waals surface area contributed by atoms with Gasteiger partial charge < -0.3 is 15.2 Å². The Kier molecular flexibility index (Phi) is 10.6. The van der Waals surface area contributed by atoms with Crippen LogP contribution in [0.25, 0.3) is 0 Å². The van der Waals surface area contributed by atoms with Crippen LogP contribution in [-0.2, 0) is 20.1 Å². The summed E-state index contributed by atoms with van der Waals surface area (Å²) in [5.74, 6) is 2.64. The van der Waals surface area contributed by atoms with Gasteiger partial charge in [0.05, 0.1) is 13.1 Å². The van der Waals surface area contributed by atoms with Gasteiger partial charge in [0.15, 0.2) is 11.8 Å². The number of hydrogen-bond donors (Lipinski definition) is 2. The van der Waals surface area contributed by atoms with Crippen molar-refractivity contribution in [1.29, 1.82) is 0 Å². The Bertz CT molecular complexity index is 868. The molecule has 0 radical (unpaired) electrons. The van der Waals surface area contributed by atoms with Crippen LogP contribution in [0.15, 0.2) is 28.1 Å². The smallest absolute Gasteiger partial charge is 0.192 e. The number of aromatic nitrogens is 3. The number of nitrogens with zero attached hydrogens (tertiary/aromatic N) is 5. The predicted molar refractivity (Wildman–Crippen MR) is 140 cm³/mol. The van der Waals surface area contributed by atoms with Gasteiger partial charge in [-0.25, -0.2) is 4.99 Å². The number of aryl methyl sites for hydroxylation is 2. The lowest BCUT2D eigenvalue weighted by molar-refractivity contribution is 0.267. The summed E-state index contributed by atoms with van der Waals surface area (Å²) in [4.78, 5) is 8.73. The van der Waals surface area contributed by atoms with Gasteiger partial charge in [-0.3, -0.25) is 4.90 Å². The molecule has 1 aromatic carbocycles. The minimum absolute atomic E-state index is 0. The van der Waals surface area contributed by atoms with Crippen molar-refractivity contribution in [2.75, 3.05) is 25.9 Å². The maximum absolute atomic E-state index is 4.90. The van der Waals surface area contributed by atoms with Crippen LogP contribution in [0.5, 0.6) is 0 Å². The zero-order chi connectivity index (χ0) is 21.5. The summed E-state index contributed by atoms with van der Waals surface area (Å²) in [6.07, 6.45) is 4.64. The number of rotatable bonds is 8. The van der Waals surface area contributed by atoms with E-state index in [1.54, 1.807) is 11.8 Å². The Morgan fingerprint density at radius 2 is 2.06 bits per heavy atom. The van der Waals surface area contributed by atoms with Gasteiger partial charge in [0.1, 0.15) is 5.82 Å². The molecule has 31 heavy (non-hydrogen) atoms. The van der Waals surface area contributed by atoms with Crippen LogP contribution in [-0.4, -0.2) is 57.6 Å². The summed E-state index contributed by atoms with van der Waals surface area (Å²) in [7, 11) is 1.99. The first-order valence-electron chi connectivity index (χ1n) is 10.8. The molecule has 0 bridgehead atoms. The fraction of sp³-hybridized carbons (Fsp3) is 0.591. The standard InChI is InChI=1S/C22H35N7S.HI/c1-6-29-11-7-8-19(29)14-24-22(25-15-21-27-26-17(3)28(21)4)23-13-18-10-9-16(2)12-20(18)30-5;/h9-10,12,19H,6-8,11,13-15H2,1-5H3,(H2,23,24,25);1H. The van der Waals surface area contributed by atoms with E-state index in [9.17, 15) is 0 Å². The lowest BCUT2D eigenvalue weighted by Gasteiger charge is -2.24. The third kappa shape index (κ3) is 7.08. The molecule has 3 rings (SSSR count). The van der Waals surface area contributed by atoms with Crippen LogP contribution in [0.3, 0.4) is 0 Å². The number of halogens is 1. The fourth-order valence-electron chi connectivity index (χ4n) is 3.85. The van der Waals surface area contributed by atoms with E-state index in [1.165, 1.54) is 35.4 Å². The summed E-state index contributed by atoms with van der Waals surface area (Å²) in [6.45, 7) is 10.8. The summed E-state index contributed by atoms with van der Waals surface area (Å²) in [5, 5.41) is 15.4. The lowest BCUT2D eigenvalue weighted by Crippen LogP contribution is -2.44. The van der Waals surface area contributed by atoms with Crippen LogP contribution in [0.1, 0.15) is 42.5 Å². The van der Waals surface area contributed by atoms with Gasteiger partial charge in [-0.2, -0.15) is 0 Å². The van der Waals surface area contributed by atoms with Crippen LogP contribution < -0.4 is 10.6 Å². The van der Waals surface area contributed by atoms with Crippen LogP contribution in [0, 0.1) is 13.8 Å². The molecule has 172 valence electrons. The molecule has 9 heteroatoms. The van der Waals surface area contributed by atoms with E-state index in [4.69, 9.17) is 4.99 Å². The first kappa shape index (κ1) is 25.9. The second-order valence-electron chi connectivity index (χ2n) is 7.86. The molecular formula is C22H36IN7S. The van der Waals surface area contributed by atoms with Crippen LogP contribution >= 0.6 is 35.7 Å². The molecule has 1 atom stereocenters. The molecular weight excluding hydrogens is 521 g/mol. The van der Waals surface area contributed by atoms with E-state index in [0.29, 0.717) is 19.1 Å². The van der Waals surface area contributed by atoms with Gasteiger partial charge in [-0.05, 0) is 63.2 Å². The zero-order valence-corrected chi connectivity index (χ0v) is 22.5. The number of benzene rings is 1. The molecule has 0 spiro atoms. The highest BCUT2D eigenvalue weighted by Gasteiger charge is 2.22. The first-order chi connectivity index (χ1) is 14.5. The normalized spacial score (nSPS) is 16.9. The minimum Gasteiger partial charge on any atom is -0.355 e. The molecule has 2 N–H and O–H groups in total. The summed E-state index contributed by atoms with van der Waals surface area (Å²) in [5.41, 5.74) is 2.53. The maximum Gasteiger partial charge on any atom is 0.192 e. The summed E-state index contributed by atoms with van der Waals surface area (Å²) in [6, 6.07) is 7.14. The number of likely N-dealkylation sites (N-methyl/N-ethyl adjacent to an activating group) is 1. The quantitative estimate of drug-likeness (QED) is 0.224. The Labute approximate surface area is 207 Å². The molecule has 1 aliphatic rings. The van der Waals surface area contributed by atoms with E-state index in [-0.39, 0.29) is 24.0 Å². The van der Waals surface area contributed by atoms with Crippen LogP contribution in [0.2, 0.25) is 0 Å².